The number of thioether (sulfide) groups is 1. The summed E-state index contributed by atoms with van der Waals surface area (Å²) in [5.41, 5.74) is 1.42. The first-order valence-electron chi connectivity index (χ1n) is 6.06. The van der Waals surface area contributed by atoms with Crippen LogP contribution < -0.4 is 5.32 Å². The Balaban J connectivity index is 2.06. The second-order valence-corrected chi connectivity index (χ2v) is 4.93. The van der Waals surface area contributed by atoms with E-state index < -0.39 is 0 Å². The first kappa shape index (κ1) is 14.3. The third kappa shape index (κ3) is 3.96. The Morgan fingerprint density at radius 3 is 2.75 bits per heavy atom. The molecule has 0 radical (unpaired) electrons. The van der Waals surface area contributed by atoms with Crippen molar-refractivity contribution in [3.8, 4) is 0 Å². The average molecular weight is 287 g/mol. The van der Waals surface area contributed by atoms with E-state index in [4.69, 9.17) is 0 Å². The van der Waals surface area contributed by atoms with Gasteiger partial charge in [-0.05, 0) is 42.2 Å². The van der Waals surface area contributed by atoms with Crippen LogP contribution >= 0.6 is 11.8 Å². The summed E-state index contributed by atoms with van der Waals surface area (Å²) in [7, 11) is 0. The SMILES string of the molecule is CSc1ccccc1NC(=O)/C=C/c1cccc(F)c1. The first-order chi connectivity index (χ1) is 9.69. The summed E-state index contributed by atoms with van der Waals surface area (Å²) >= 11 is 1.57. The summed E-state index contributed by atoms with van der Waals surface area (Å²) in [6.45, 7) is 0. The number of hydrogen-bond acceptors (Lipinski definition) is 2. The smallest absolute Gasteiger partial charge is 0.248 e. The second kappa shape index (κ2) is 6.91. The van der Waals surface area contributed by atoms with Crippen LogP contribution in [0.1, 0.15) is 5.56 Å². The maximum absolute atomic E-state index is 13.0. The predicted molar refractivity (Wildman–Crippen MR) is 82.3 cm³/mol. The highest BCUT2D eigenvalue weighted by Crippen LogP contribution is 2.24. The number of para-hydroxylation sites is 1. The van der Waals surface area contributed by atoms with Gasteiger partial charge in [0.2, 0.25) is 5.91 Å². The largest absolute Gasteiger partial charge is 0.321 e. The molecule has 4 heteroatoms. The lowest BCUT2D eigenvalue weighted by atomic mass is 10.2. The van der Waals surface area contributed by atoms with E-state index in [1.165, 1.54) is 18.2 Å². The van der Waals surface area contributed by atoms with E-state index in [-0.39, 0.29) is 11.7 Å². The molecule has 0 atom stereocenters. The molecule has 2 rings (SSSR count). The summed E-state index contributed by atoms with van der Waals surface area (Å²) in [6, 6.07) is 13.7. The van der Waals surface area contributed by atoms with Gasteiger partial charge in [-0.25, -0.2) is 4.39 Å². The zero-order valence-electron chi connectivity index (χ0n) is 11.0. The summed E-state index contributed by atoms with van der Waals surface area (Å²) in [5, 5.41) is 2.81. The highest BCUT2D eigenvalue weighted by Gasteiger charge is 2.02. The van der Waals surface area contributed by atoms with E-state index in [9.17, 15) is 9.18 Å². The Kier molecular flexibility index (Phi) is 4.96. The molecular formula is C16H14FNOS. The van der Waals surface area contributed by atoms with Crippen LogP contribution in [-0.2, 0) is 4.79 Å². The highest BCUT2D eigenvalue weighted by molar-refractivity contribution is 7.98. The molecule has 0 fully saturated rings. The van der Waals surface area contributed by atoms with Gasteiger partial charge < -0.3 is 5.32 Å². The molecule has 1 N–H and O–H groups in total. The molecule has 0 aliphatic rings. The molecule has 0 bridgehead atoms. The Morgan fingerprint density at radius 1 is 1.20 bits per heavy atom. The fraction of sp³-hybridized carbons (Fsp3) is 0.0625. The molecule has 2 nitrogen and oxygen atoms in total. The molecule has 0 saturated carbocycles. The molecule has 1 amide bonds. The Bertz CT molecular complexity index is 640. The maximum Gasteiger partial charge on any atom is 0.248 e. The summed E-state index contributed by atoms with van der Waals surface area (Å²) in [6.07, 6.45) is 4.93. The molecule has 20 heavy (non-hydrogen) atoms. The first-order valence-corrected chi connectivity index (χ1v) is 7.29. The number of benzene rings is 2. The van der Waals surface area contributed by atoms with Crippen molar-refractivity contribution in [2.45, 2.75) is 4.90 Å². The molecule has 2 aromatic rings. The van der Waals surface area contributed by atoms with Crippen LogP contribution in [0, 0.1) is 5.82 Å². The van der Waals surface area contributed by atoms with E-state index >= 15 is 0 Å². The van der Waals surface area contributed by atoms with Gasteiger partial charge >= 0.3 is 0 Å². The Morgan fingerprint density at radius 2 is 2.00 bits per heavy atom. The molecule has 0 aromatic heterocycles. The average Bonchev–Trinajstić information content (AvgIpc) is 2.46. The molecule has 102 valence electrons. The number of amides is 1. The molecule has 0 heterocycles. The lowest BCUT2D eigenvalue weighted by Gasteiger charge is -2.06. The van der Waals surface area contributed by atoms with Gasteiger partial charge in [0.05, 0.1) is 5.69 Å². The molecule has 0 aliphatic heterocycles. The van der Waals surface area contributed by atoms with Crippen LogP contribution in [-0.4, -0.2) is 12.2 Å². The standard InChI is InChI=1S/C16H14FNOS/c1-20-15-8-3-2-7-14(15)18-16(19)10-9-12-5-4-6-13(17)11-12/h2-11H,1H3,(H,18,19)/b10-9+. The van der Waals surface area contributed by atoms with Gasteiger partial charge in [0.15, 0.2) is 0 Å². The van der Waals surface area contributed by atoms with Gasteiger partial charge in [0.25, 0.3) is 0 Å². The minimum Gasteiger partial charge on any atom is -0.321 e. The van der Waals surface area contributed by atoms with E-state index in [1.807, 2.05) is 30.5 Å². The van der Waals surface area contributed by atoms with E-state index in [1.54, 1.807) is 30.0 Å². The fourth-order valence-electron chi connectivity index (χ4n) is 1.70. The molecule has 2 aromatic carbocycles. The van der Waals surface area contributed by atoms with Gasteiger partial charge in [0.1, 0.15) is 5.82 Å². The normalized spacial score (nSPS) is 10.7. The van der Waals surface area contributed by atoms with Gasteiger partial charge in [-0.15, -0.1) is 11.8 Å². The monoisotopic (exact) mass is 287 g/mol. The van der Waals surface area contributed by atoms with Crippen molar-refractivity contribution >= 4 is 29.4 Å². The van der Waals surface area contributed by atoms with Crippen LogP contribution in [0.3, 0.4) is 0 Å². The van der Waals surface area contributed by atoms with Crippen molar-refractivity contribution < 1.29 is 9.18 Å². The lowest BCUT2D eigenvalue weighted by Crippen LogP contribution is -2.08. The molecule has 0 spiro atoms. The van der Waals surface area contributed by atoms with E-state index in [0.717, 1.165) is 10.6 Å². The Labute approximate surface area is 121 Å². The number of rotatable bonds is 4. The number of nitrogens with one attached hydrogen (secondary N) is 1. The van der Waals surface area contributed by atoms with Gasteiger partial charge in [-0.1, -0.05) is 24.3 Å². The summed E-state index contributed by atoms with van der Waals surface area (Å²) in [4.78, 5) is 12.8. The maximum atomic E-state index is 13.0. The highest BCUT2D eigenvalue weighted by atomic mass is 32.2. The van der Waals surface area contributed by atoms with Crippen LogP contribution in [0.4, 0.5) is 10.1 Å². The minimum atomic E-state index is -0.319. The van der Waals surface area contributed by atoms with Crippen LogP contribution in [0.15, 0.2) is 59.5 Å². The second-order valence-electron chi connectivity index (χ2n) is 4.08. The van der Waals surface area contributed by atoms with Crippen LogP contribution in [0.25, 0.3) is 6.08 Å². The van der Waals surface area contributed by atoms with Crippen molar-refractivity contribution in [1.82, 2.24) is 0 Å². The van der Waals surface area contributed by atoms with Crippen molar-refractivity contribution in [3.63, 3.8) is 0 Å². The number of carbonyl (C=O) groups excluding carboxylic acids is 1. The van der Waals surface area contributed by atoms with Gasteiger partial charge in [0, 0.05) is 11.0 Å². The number of halogens is 1. The third-order valence-corrected chi connectivity index (χ3v) is 3.44. The van der Waals surface area contributed by atoms with Gasteiger partial charge in [-0.2, -0.15) is 0 Å². The van der Waals surface area contributed by atoms with Crippen LogP contribution in [0.5, 0.6) is 0 Å². The zero-order valence-corrected chi connectivity index (χ0v) is 11.8. The zero-order chi connectivity index (χ0) is 14.4. The van der Waals surface area contributed by atoms with E-state index in [2.05, 4.69) is 5.32 Å². The predicted octanol–water partition coefficient (Wildman–Crippen LogP) is 4.20. The van der Waals surface area contributed by atoms with Crippen molar-refractivity contribution in [2.24, 2.45) is 0 Å². The lowest BCUT2D eigenvalue weighted by molar-refractivity contribution is -0.111. The quantitative estimate of drug-likeness (QED) is 0.674. The van der Waals surface area contributed by atoms with Crippen molar-refractivity contribution in [2.75, 3.05) is 11.6 Å². The topological polar surface area (TPSA) is 29.1 Å². The Hall–Kier alpha value is -2.07. The summed E-state index contributed by atoms with van der Waals surface area (Å²) < 4.78 is 13.0. The van der Waals surface area contributed by atoms with Crippen molar-refractivity contribution in [3.05, 3.63) is 66.0 Å². The van der Waals surface area contributed by atoms with E-state index in [0.29, 0.717) is 5.56 Å². The number of hydrogen-bond donors (Lipinski definition) is 1. The summed E-state index contributed by atoms with van der Waals surface area (Å²) in [5.74, 6) is -0.559. The third-order valence-electron chi connectivity index (χ3n) is 2.64. The van der Waals surface area contributed by atoms with Gasteiger partial charge in [-0.3, -0.25) is 4.79 Å². The van der Waals surface area contributed by atoms with Crippen molar-refractivity contribution in [1.29, 1.82) is 0 Å². The molecule has 0 aliphatic carbocycles. The van der Waals surface area contributed by atoms with Crippen LogP contribution in [0.2, 0.25) is 0 Å². The number of anilines is 1. The molecule has 0 saturated heterocycles. The molecular weight excluding hydrogens is 273 g/mol. The number of carbonyl (C=O) groups is 1. The molecule has 0 unspecified atom stereocenters. The fourth-order valence-corrected chi connectivity index (χ4v) is 2.26. The minimum absolute atomic E-state index is 0.240.